The predicted octanol–water partition coefficient (Wildman–Crippen LogP) is 1.34. The van der Waals surface area contributed by atoms with E-state index in [0.717, 1.165) is 41.2 Å². The van der Waals surface area contributed by atoms with Gasteiger partial charge >= 0.3 is 0 Å². The van der Waals surface area contributed by atoms with E-state index in [-0.39, 0.29) is 0 Å². The average molecular weight is 393 g/mol. The summed E-state index contributed by atoms with van der Waals surface area (Å²) >= 11 is 0. The molecule has 0 bridgehead atoms. The van der Waals surface area contributed by atoms with Gasteiger partial charge in [-0.1, -0.05) is 41.8 Å². The number of hydrogen-bond acceptors (Lipinski definition) is 5. The van der Waals surface area contributed by atoms with E-state index < -0.39 is 0 Å². The molecule has 30 heavy (non-hydrogen) atoms. The van der Waals surface area contributed by atoms with Crippen molar-refractivity contribution in [1.82, 2.24) is 24.1 Å². The summed E-state index contributed by atoms with van der Waals surface area (Å²) in [7, 11) is 10.7. The highest BCUT2D eigenvalue weighted by Crippen LogP contribution is 2.22. The number of imidazole rings is 1. The molecule has 1 saturated heterocycles. The number of benzene rings is 1. The quantitative estimate of drug-likeness (QED) is 0.531. The van der Waals surface area contributed by atoms with Crippen molar-refractivity contribution in [2.24, 2.45) is 0 Å². The van der Waals surface area contributed by atoms with Crippen LogP contribution in [0.3, 0.4) is 0 Å². The molecule has 0 saturated carbocycles. The number of hydrogen-bond donors (Lipinski definition) is 1. The Morgan fingerprint density at radius 3 is 2.33 bits per heavy atom. The molecule has 4 radical (unpaired) electrons. The van der Waals surface area contributed by atoms with Crippen LogP contribution in [0.1, 0.15) is 12.8 Å². The molecule has 7 nitrogen and oxygen atoms in total. The first-order valence-electron chi connectivity index (χ1n) is 9.75. The average Bonchev–Trinajstić information content (AvgIpc) is 3.53. The fourth-order valence-corrected chi connectivity index (χ4v) is 3.20. The predicted molar refractivity (Wildman–Crippen MR) is 123 cm³/mol. The van der Waals surface area contributed by atoms with Gasteiger partial charge < -0.3 is 10.2 Å². The van der Waals surface area contributed by atoms with Gasteiger partial charge in [-0.15, -0.1) is 0 Å². The number of nitrogens with zero attached hydrogens (tertiary/aromatic N) is 6. The van der Waals surface area contributed by atoms with Crippen LogP contribution in [0.5, 0.6) is 0 Å². The van der Waals surface area contributed by atoms with Crippen molar-refractivity contribution in [2.75, 3.05) is 23.3 Å². The minimum atomic E-state index is 0.709. The lowest BCUT2D eigenvalue weighted by atomic mass is 9.90. The van der Waals surface area contributed by atoms with Gasteiger partial charge in [0.15, 0.2) is 5.65 Å². The summed E-state index contributed by atoms with van der Waals surface area (Å²) < 4.78 is 3.58. The van der Waals surface area contributed by atoms with Crippen molar-refractivity contribution in [1.29, 1.82) is 0 Å². The molecule has 1 aliphatic heterocycles. The summed E-state index contributed by atoms with van der Waals surface area (Å²) in [4.78, 5) is 11.1. The lowest BCUT2D eigenvalue weighted by molar-refractivity contribution is 0.899. The Hall–Kier alpha value is -3.48. The fourth-order valence-electron chi connectivity index (χ4n) is 3.20. The van der Waals surface area contributed by atoms with Crippen molar-refractivity contribution in [2.45, 2.75) is 12.8 Å². The van der Waals surface area contributed by atoms with Gasteiger partial charge in [0.2, 0.25) is 0 Å². The van der Waals surface area contributed by atoms with Gasteiger partial charge in [-0.3, -0.25) is 4.57 Å². The molecule has 9 heteroatoms. The maximum Gasteiger partial charge on any atom is 0.180 e. The van der Waals surface area contributed by atoms with Crippen molar-refractivity contribution in [3.8, 4) is 0 Å². The molecule has 0 unspecified atom stereocenters. The SMILES string of the molecule is C=C(Nc1cnn2ccc(N3CCCC3)nc12)n1ccnc1.[B]c1ccc([B])cc1. The molecule has 0 atom stereocenters. The molecule has 146 valence electrons. The first kappa shape index (κ1) is 19.8. The Bertz CT molecular complexity index is 1090. The molecule has 3 aromatic heterocycles. The van der Waals surface area contributed by atoms with Crippen LogP contribution >= 0.6 is 0 Å². The van der Waals surface area contributed by atoms with Crippen LogP contribution in [0.15, 0.2) is 68.0 Å². The first-order valence-corrected chi connectivity index (χ1v) is 9.75. The minimum absolute atomic E-state index is 0.709. The van der Waals surface area contributed by atoms with Gasteiger partial charge in [0.05, 0.1) is 6.20 Å². The van der Waals surface area contributed by atoms with E-state index in [9.17, 15) is 0 Å². The molecule has 0 aliphatic carbocycles. The number of aromatic nitrogens is 5. The summed E-state index contributed by atoms with van der Waals surface area (Å²) in [6, 6.07) is 9.11. The Kier molecular flexibility index (Phi) is 5.88. The summed E-state index contributed by atoms with van der Waals surface area (Å²) in [5.41, 5.74) is 3.13. The second-order valence-corrected chi connectivity index (χ2v) is 7.01. The largest absolute Gasteiger partial charge is 0.356 e. The van der Waals surface area contributed by atoms with E-state index in [1.54, 1.807) is 47.5 Å². The monoisotopic (exact) mass is 393 g/mol. The van der Waals surface area contributed by atoms with Crippen LogP contribution in [0.25, 0.3) is 11.5 Å². The molecule has 1 fully saturated rings. The third-order valence-corrected chi connectivity index (χ3v) is 4.82. The lowest BCUT2D eigenvalue weighted by Crippen LogP contribution is -2.19. The second kappa shape index (κ2) is 8.90. The zero-order valence-electron chi connectivity index (χ0n) is 16.6. The molecule has 4 aromatic rings. The van der Waals surface area contributed by atoms with Crippen LogP contribution in [0.2, 0.25) is 0 Å². The van der Waals surface area contributed by atoms with Crippen LogP contribution in [0.4, 0.5) is 11.5 Å². The van der Waals surface area contributed by atoms with Gasteiger partial charge in [-0.2, -0.15) is 5.10 Å². The van der Waals surface area contributed by atoms with Crippen LogP contribution in [-0.4, -0.2) is 52.9 Å². The summed E-state index contributed by atoms with van der Waals surface area (Å²) in [5.74, 6) is 1.71. The number of nitrogens with one attached hydrogen (secondary N) is 1. The molecule has 0 spiro atoms. The number of rotatable bonds is 4. The van der Waals surface area contributed by atoms with E-state index in [0.29, 0.717) is 5.82 Å². The van der Waals surface area contributed by atoms with E-state index in [4.69, 9.17) is 20.7 Å². The van der Waals surface area contributed by atoms with Crippen LogP contribution in [0, 0.1) is 0 Å². The Morgan fingerprint density at radius 1 is 1.00 bits per heavy atom. The Balaban J connectivity index is 0.000000230. The van der Waals surface area contributed by atoms with Crippen LogP contribution in [-0.2, 0) is 0 Å². The molecule has 1 N–H and O–H groups in total. The lowest BCUT2D eigenvalue weighted by Gasteiger charge is -2.16. The molecule has 4 heterocycles. The highest BCUT2D eigenvalue weighted by atomic mass is 15.3. The molecular weight excluding hydrogens is 372 g/mol. The number of fused-ring (bicyclic) bond motifs is 1. The molecular formula is C21H21B2N7. The second-order valence-electron chi connectivity index (χ2n) is 7.01. The van der Waals surface area contributed by atoms with Crippen molar-refractivity contribution in [3.05, 3.63) is 68.0 Å². The number of anilines is 2. The van der Waals surface area contributed by atoms with Gasteiger partial charge in [-0.05, 0) is 18.9 Å². The first-order chi connectivity index (χ1) is 14.6. The molecule has 0 amide bonds. The Labute approximate surface area is 178 Å². The maximum absolute atomic E-state index is 5.37. The minimum Gasteiger partial charge on any atom is -0.356 e. The maximum atomic E-state index is 5.37. The van der Waals surface area contributed by atoms with E-state index in [2.05, 4.69) is 26.9 Å². The highest BCUT2D eigenvalue weighted by molar-refractivity contribution is 6.35. The van der Waals surface area contributed by atoms with Crippen molar-refractivity contribution in [3.63, 3.8) is 0 Å². The van der Waals surface area contributed by atoms with E-state index in [1.165, 1.54) is 12.8 Å². The molecule has 1 aromatic carbocycles. The summed E-state index contributed by atoms with van der Waals surface area (Å²) in [6.45, 7) is 6.16. The third kappa shape index (κ3) is 4.56. The van der Waals surface area contributed by atoms with Gasteiger partial charge in [-0.25, -0.2) is 14.5 Å². The van der Waals surface area contributed by atoms with Gasteiger partial charge in [0.1, 0.15) is 39.3 Å². The summed E-state index contributed by atoms with van der Waals surface area (Å²) in [6.07, 6.45) is 11.4. The van der Waals surface area contributed by atoms with E-state index >= 15 is 0 Å². The fraction of sp³-hybridized carbons (Fsp3) is 0.190. The molecule has 1 aliphatic rings. The zero-order valence-corrected chi connectivity index (χ0v) is 16.6. The van der Waals surface area contributed by atoms with E-state index in [1.807, 2.05) is 23.0 Å². The van der Waals surface area contributed by atoms with Crippen LogP contribution < -0.4 is 21.1 Å². The Morgan fingerprint density at radius 2 is 1.70 bits per heavy atom. The zero-order chi connectivity index (χ0) is 20.9. The van der Waals surface area contributed by atoms with Crippen molar-refractivity contribution >= 4 is 49.6 Å². The smallest absolute Gasteiger partial charge is 0.180 e. The van der Waals surface area contributed by atoms with Crippen molar-refractivity contribution < 1.29 is 0 Å². The standard InChI is InChI=1S/C15H17N7.C6H4B2/c1-12(21-9-5-16-11-21)18-13-10-17-22-8-4-14(19-15(13)22)20-6-2-3-7-20;7-5-1-2-6(8)4-3-5/h4-5,8-11,18H,1-3,6-7H2;1-4H. The normalized spacial score (nSPS) is 13.1. The summed E-state index contributed by atoms with van der Waals surface area (Å²) in [5, 5.41) is 7.58. The van der Waals surface area contributed by atoms with Gasteiger partial charge in [0.25, 0.3) is 0 Å². The molecule has 5 rings (SSSR count). The highest BCUT2D eigenvalue weighted by Gasteiger charge is 2.15. The van der Waals surface area contributed by atoms with Gasteiger partial charge in [0, 0.05) is 31.7 Å². The third-order valence-electron chi connectivity index (χ3n) is 4.82. The topological polar surface area (TPSA) is 63.3 Å².